The average molecular weight is 459 g/mol. The minimum atomic E-state index is -0.241. The van der Waals surface area contributed by atoms with E-state index in [1.807, 2.05) is 60.7 Å². The van der Waals surface area contributed by atoms with Crippen molar-refractivity contribution in [2.45, 2.75) is 38.2 Å². The highest BCUT2D eigenvalue weighted by Crippen LogP contribution is 2.43. The molecule has 3 aromatic rings. The summed E-state index contributed by atoms with van der Waals surface area (Å²) in [5.74, 6) is 0.601. The van der Waals surface area contributed by atoms with Crippen molar-refractivity contribution < 1.29 is 14.3 Å². The van der Waals surface area contributed by atoms with Gasteiger partial charge in [-0.2, -0.15) is 0 Å². The molecule has 0 saturated carbocycles. The highest BCUT2D eigenvalue weighted by atomic mass is 35.5. The molecule has 0 N–H and O–H groups in total. The van der Waals surface area contributed by atoms with Crippen molar-refractivity contribution in [1.29, 1.82) is 0 Å². The van der Waals surface area contributed by atoms with E-state index in [0.29, 0.717) is 30.2 Å². The molecule has 0 radical (unpaired) electrons. The number of benzene rings is 2. The second-order valence-corrected chi connectivity index (χ2v) is 8.76. The fraction of sp³-hybridized carbons (Fsp3) is 0.222. The third-order valence-electron chi connectivity index (χ3n) is 6.16. The monoisotopic (exact) mass is 458 g/mol. The molecule has 1 aromatic heterocycles. The Hall–Kier alpha value is -3.44. The van der Waals surface area contributed by atoms with Crippen molar-refractivity contribution in [3.63, 3.8) is 0 Å². The van der Waals surface area contributed by atoms with Crippen LogP contribution in [-0.4, -0.2) is 16.7 Å². The number of aromatic nitrogens is 1. The first-order valence-electron chi connectivity index (χ1n) is 11.1. The van der Waals surface area contributed by atoms with Crippen molar-refractivity contribution >= 4 is 29.0 Å². The van der Waals surface area contributed by atoms with Crippen LogP contribution in [0, 0.1) is 0 Å². The fourth-order valence-electron chi connectivity index (χ4n) is 4.65. The molecule has 1 aliphatic heterocycles. The van der Waals surface area contributed by atoms with Crippen LogP contribution < -0.4 is 9.64 Å². The van der Waals surface area contributed by atoms with E-state index < -0.39 is 0 Å². The topological polar surface area (TPSA) is 59.5 Å². The summed E-state index contributed by atoms with van der Waals surface area (Å²) in [5, 5.41) is 0.676. The van der Waals surface area contributed by atoms with Gasteiger partial charge in [0.25, 0.3) is 0 Å². The van der Waals surface area contributed by atoms with Crippen LogP contribution >= 0.6 is 11.6 Å². The molecular weight excluding hydrogens is 436 g/mol. The molecule has 33 heavy (non-hydrogen) atoms. The molecule has 2 aromatic carbocycles. The fourth-order valence-corrected chi connectivity index (χ4v) is 4.87. The number of Topliss-reactive ketones (excluding diaryl/α,β-unsaturated/α-hetero) is 1. The smallest absolute Gasteiger partial charge is 0.232 e. The van der Waals surface area contributed by atoms with Gasteiger partial charge in [0.2, 0.25) is 5.91 Å². The normalized spacial score (nSPS) is 18.3. The summed E-state index contributed by atoms with van der Waals surface area (Å²) in [6, 6.07) is 18.9. The zero-order valence-corrected chi connectivity index (χ0v) is 18.8. The molecule has 1 aliphatic carbocycles. The summed E-state index contributed by atoms with van der Waals surface area (Å²) in [4.78, 5) is 32.1. The van der Waals surface area contributed by atoms with E-state index in [-0.39, 0.29) is 24.0 Å². The molecule has 1 unspecified atom stereocenters. The van der Waals surface area contributed by atoms with E-state index in [1.54, 1.807) is 17.3 Å². The minimum absolute atomic E-state index is 0.0114. The number of hydrogen-bond donors (Lipinski definition) is 0. The van der Waals surface area contributed by atoms with Gasteiger partial charge in [0, 0.05) is 41.2 Å². The number of carbonyl (C=O) groups excluding carboxylic acids is 2. The Kier molecular flexibility index (Phi) is 5.97. The van der Waals surface area contributed by atoms with Gasteiger partial charge >= 0.3 is 0 Å². The predicted octanol–water partition coefficient (Wildman–Crippen LogP) is 5.84. The van der Waals surface area contributed by atoms with Crippen molar-refractivity contribution in [2.75, 3.05) is 4.90 Å². The van der Waals surface area contributed by atoms with E-state index >= 15 is 0 Å². The molecule has 0 spiro atoms. The Balaban J connectivity index is 1.41. The number of allylic oxidation sites excluding steroid dienone is 2. The van der Waals surface area contributed by atoms with Crippen molar-refractivity contribution in [1.82, 2.24) is 4.98 Å². The third-order valence-corrected chi connectivity index (χ3v) is 6.39. The molecule has 2 aliphatic rings. The van der Waals surface area contributed by atoms with Gasteiger partial charge in [0.05, 0.1) is 11.9 Å². The molecule has 5 nitrogen and oxygen atoms in total. The highest BCUT2D eigenvalue weighted by Gasteiger charge is 2.39. The standard InChI is InChI=1S/C27H23ClN2O3/c28-20-5-1-4-18(14-20)17-33-22-11-9-19(10-12-22)23-15-26(32)30(21-6-3-13-29-16-21)24-7-2-8-25(31)27(23)24/h1,3-6,9-14,16,23H,2,7-8,15,17H2. The molecular formula is C27H23ClN2O3. The number of pyridine rings is 1. The van der Waals surface area contributed by atoms with E-state index in [2.05, 4.69) is 4.98 Å². The Morgan fingerprint density at radius 1 is 1.03 bits per heavy atom. The molecule has 0 fully saturated rings. The van der Waals surface area contributed by atoms with Gasteiger partial charge in [-0.15, -0.1) is 0 Å². The van der Waals surface area contributed by atoms with Crippen LogP contribution in [0.15, 0.2) is 84.3 Å². The van der Waals surface area contributed by atoms with E-state index in [0.717, 1.165) is 34.6 Å². The lowest BCUT2D eigenvalue weighted by Gasteiger charge is -2.38. The van der Waals surface area contributed by atoms with E-state index in [4.69, 9.17) is 16.3 Å². The molecule has 5 rings (SSSR count). The van der Waals surface area contributed by atoms with Gasteiger partial charge in [0.15, 0.2) is 5.78 Å². The van der Waals surface area contributed by atoms with Gasteiger partial charge in [0.1, 0.15) is 12.4 Å². The second kappa shape index (κ2) is 9.20. The molecule has 1 atom stereocenters. The number of rotatable bonds is 5. The maximum absolute atomic E-state index is 13.2. The van der Waals surface area contributed by atoms with Gasteiger partial charge in [-0.3, -0.25) is 19.5 Å². The summed E-state index contributed by atoms with van der Waals surface area (Å²) in [6.07, 6.45) is 5.59. The van der Waals surface area contributed by atoms with E-state index in [1.165, 1.54) is 0 Å². The largest absolute Gasteiger partial charge is 0.489 e. The summed E-state index contributed by atoms with van der Waals surface area (Å²) >= 11 is 6.04. The maximum Gasteiger partial charge on any atom is 0.232 e. The zero-order valence-electron chi connectivity index (χ0n) is 18.0. The average Bonchev–Trinajstić information content (AvgIpc) is 2.83. The first-order valence-corrected chi connectivity index (χ1v) is 11.4. The first kappa shape index (κ1) is 21.4. The van der Waals surface area contributed by atoms with Crippen molar-refractivity contribution in [3.05, 3.63) is 100 Å². The lowest BCUT2D eigenvalue weighted by molar-refractivity contribution is -0.119. The Morgan fingerprint density at radius 2 is 1.88 bits per heavy atom. The van der Waals surface area contributed by atoms with Crippen LogP contribution in [0.25, 0.3) is 0 Å². The van der Waals surface area contributed by atoms with E-state index in [9.17, 15) is 9.59 Å². The van der Waals surface area contributed by atoms with Gasteiger partial charge in [-0.25, -0.2) is 0 Å². The van der Waals surface area contributed by atoms with Gasteiger partial charge in [-0.05, 0) is 60.4 Å². The van der Waals surface area contributed by atoms with Crippen LogP contribution in [0.3, 0.4) is 0 Å². The molecule has 0 bridgehead atoms. The highest BCUT2D eigenvalue weighted by molar-refractivity contribution is 6.30. The molecule has 1 amide bonds. The van der Waals surface area contributed by atoms with Crippen molar-refractivity contribution in [3.8, 4) is 5.75 Å². The number of halogens is 1. The lowest BCUT2D eigenvalue weighted by atomic mass is 9.77. The molecule has 0 saturated heterocycles. The van der Waals surface area contributed by atoms with Crippen LogP contribution in [0.4, 0.5) is 5.69 Å². The number of hydrogen-bond acceptors (Lipinski definition) is 4. The van der Waals surface area contributed by atoms with Gasteiger partial charge in [-0.1, -0.05) is 35.9 Å². The Labute approximate surface area is 197 Å². The third kappa shape index (κ3) is 4.41. The maximum atomic E-state index is 13.2. The number of ether oxygens (including phenoxy) is 1. The van der Waals surface area contributed by atoms with Crippen LogP contribution in [0.5, 0.6) is 5.75 Å². The number of anilines is 1. The second-order valence-electron chi connectivity index (χ2n) is 8.32. The molecule has 166 valence electrons. The predicted molar refractivity (Wildman–Crippen MR) is 127 cm³/mol. The number of amides is 1. The molecule has 2 heterocycles. The van der Waals surface area contributed by atoms with Crippen LogP contribution in [0.2, 0.25) is 5.02 Å². The summed E-state index contributed by atoms with van der Waals surface area (Å²) in [7, 11) is 0. The first-order chi connectivity index (χ1) is 16.1. The zero-order chi connectivity index (χ0) is 22.8. The summed E-state index contributed by atoms with van der Waals surface area (Å²) in [5.41, 5.74) is 4.24. The minimum Gasteiger partial charge on any atom is -0.489 e. The van der Waals surface area contributed by atoms with Crippen molar-refractivity contribution in [2.24, 2.45) is 0 Å². The number of carbonyl (C=O) groups is 2. The van der Waals surface area contributed by atoms with Gasteiger partial charge < -0.3 is 4.74 Å². The molecule has 6 heteroatoms. The Morgan fingerprint density at radius 3 is 2.64 bits per heavy atom. The SMILES string of the molecule is O=C1CCCC2=C1C(c1ccc(OCc3cccc(Cl)c3)cc1)CC(=O)N2c1cccnc1. The lowest BCUT2D eigenvalue weighted by Crippen LogP contribution is -2.40. The number of nitrogens with zero attached hydrogens (tertiary/aromatic N) is 2. The Bertz CT molecular complexity index is 1220. The number of ketones is 1. The van der Waals surface area contributed by atoms with Crippen LogP contribution in [-0.2, 0) is 16.2 Å². The summed E-state index contributed by atoms with van der Waals surface area (Å²) < 4.78 is 5.89. The van der Waals surface area contributed by atoms with Crippen LogP contribution in [0.1, 0.15) is 42.7 Å². The quantitative estimate of drug-likeness (QED) is 0.481. The summed E-state index contributed by atoms with van der Waals surface area (Å²) in [6.45, 7) is 0.412.